The van der Waals surface area contributed by atoms with Crippen LogP contribution in [0.1, 0.15) is 37.6 Å². The summed E-state index contributed by atoms with van der Waals surface area (Å²) in [6.07, 6.45) is -0.708. The molecule has 1 N–H and O–H groups in total. The molecule has 0 fully saturated rings. The summed E-state index contributed by atoms with van der Waals surface area (Å²) < 4.78 is 9.87. The maximum atomic E-state index is 11.9. The third-order valence-corrected chi connectivity index (χ3v) is 3.14. The Hall–Kier alpha value is -1.79. The summed E-state index contributed by atoms with van der Waals surface area (Å²) in [5, 5.41) is 3.02. The van der Waals surface area contributed by atoms with Gasteiger partial charge in [-0.3, -0.25) is 9.59 Å². The minimum atomic E-state index is -0.626. The average Bonchev–Trinajstić information content (AvgIpc) is 2.42. The summed E-state index contributed by atoms with van der Waals surface area (Å²) in [4.78, 5) is 34.9. The van der Waals surface area contributed by atoms with Gasteiger partial charge in [-0.15, -0.1) is 0 Å². The van der Waals surface area contributed by atoms with Gasteiger partial charge in [0.15, 0.2) is 6.61 Å². The first-order valence-corrected chi connectivity index (χ1v) is 7.95. The number of ketones is 1. The lowest BCUT2D eigenvalue weighted by Crippen LogP contribution is -2.33. The highest BCUT2D eigenvalue weighted by molar-refractivity contribution is 6.36. The Labute approximate surface area is 150 Å². The summed E-state index contributed by atoms with van der Waals surface area (Å²) >= 11 is 11.6. The van der Waals surface area contributed by atoms with Crippen molar-refractivity contribution in [1.29, 1.82) is 0 Å². The average molecular weight is 376 g/mol. The van der Waals surface area contributed by atoms with Crippen molar-refractivity contribution >= 4 is 41.0 Å². The van der Waals surface area contributed by atoms with E-state index in [-0.39, 0.29) is 23.6 Å². The van der Waals surface area contributed by atoms with Gasteiger partial charge < -0.3 is 14.8 Å². The first kappa shape index (κ1) is 20.3. The van der Waals surface area contributed by atoms with Crippen LogP contribution in [0.4, 0.5) is 4.79 Å². The van der Waals surface area contributed by atoms with Crippen LogP contribution < -0.4 is 5.32 Å². The summed E-state index contributed by atoms with van der Waals surface area (Å²) in [7, 11) is 0. The van der Waals surface area contributed by atoms with Gasteiger partial charge in [-0.1, -0.05) is 23.2 Å². The number of amides is 1. The molecule has 1 amide bonds. The van der Waals surface area contributed by atoms with Crippen LogP contribution in [0.15, 0.2) is 18.2 Å². The van der Waals surface area contributed by atoms with Crippen molar-refractivity contribution in [3.05, 3.63) is 33.8 Å². The van der Waals surface area contributed by atoms with Crippen LogP contribution in [-0.4, -0.2) is 36.6 Å². The second kappa shape index (κ2) is 8.89. The number of ether oxygens (including phenoxy) is 2. The van der Waals surface area contributed by atoms with Crippen molar-refractivity contribution in [1.82, 2.24) is 5.32 Å². The van der Waals surface area contributed by atoms with Gasteiger partial charge in [0.05, 0.1) is 11.4 Å². The monoisotopic (exact) mass is 375 g/mol. The molecule has 0 aliphatic heterocycles. The molecule has 0 bridgehead atoms. The number of Topliss-reactive ketones (excluding diaryl/α,β-unsaturated/α-hetero) is 1. The first-order valence-electron chi connectivity index (χ1n) is 7.19. The molecule has 0 heterocycles. The Morgan fingerprint density at radius 2 is 1.83 bits per heavy atom. The first-order chi connectivity index (χ1) is 11.1. The highest BCUT2D eigenvalue weighted by atomic mass is 35.5. The zero-order valence-electron chi connectivity index (χ0n) is 13.7. The Morgan fingerprint density at radius 3 is 2.42 bits per heavy atom. The van der Waals surface area contributed by atoms with Crippen LogP contribution in [-0.2, 0) is 14.3 Å². The molecule has 0 aliphatic carbocycles. The highest BCUT2D eigenvalue weighted by Gasteiger charge is 2.17. The van der Waals surface area contributed by atoms with Crippen molar-refractivity contribution in [2.24, 2.45) is 0 Å². The number of nitrogens with one attached hydrogen (secondary N) is 1. The third kappa shape index (κ3) is 7.66. The number of carbonyl (C=O) groups excluding carboxylic acids is 3. The van der Waals surface area contributed by atoms with Crippen LogP contribution in [0, 0.1) is 0 Å². The molecule has 0 aliphatic rings. The highest BCUT2D eigenvalue weighted by Crippen LogP contribution is 2.21. The van der Waals surface area contributed by atoms with Crippen LogP contribution in [0.3, 0.4) is 0 Å². The minimum absolute atomic E-state index is 0.0453. The number of carbonyl (C=O) groups is 3. The molecular formula is C16H19Cl2NO5. The van der Waals surface area contributed by atoms with Crippen molar-refractivity contribution in [2.45, 2.75) is 32.8 Å². The van der Waals surface area contributed by atoms with E-state index in [0.717, 1.165) is 0 Å². The van der Waals surface area contributed by atoms with Gasteiger partial charge in [-0.2, -0.15) is 0 Å². The van der Waals surface area contributed by atoms with Gasteiger partial charge in [0.25, 0.3) is 0 Å². The molecule has 0 aromatic heterocycles. The quantitative estimate of drug-likeness (QED) is 0.606. The molecule has 0 unspecified atom stereocenters. The standard InChI is InChI=1S/C16H19Cl2NO5/c1-16(2,3)24-15(22)19-7-6-14(21)23-9-13(20)11-5-4-10(17)8-12(11)18/h4-5,8H,6-7,9H2,1-3H3,(H,19,22). The second-order valence-electron chi connectivity index (χ2n) is 5.89. The van der Waals surface area contributed by atoms with Gasteiger partial charge in [0.1, 0.15) is 5.60 Å². The van der Waals surface area contributed by atoms with E-state index in [4.69, 9.17) is 32.7 Å². The molecular weight excluding hydrogens is 357 g/mol. The van der Waals surface area contributed by atoms with Gasteiger partial charge in [-0.25, -0.2) is 4.79 Å². The molecule has 0 saturated carbocycles. The molecule has 1 aromatic carbocycles. The molecule has 0 spiro atoms. The van der Waals surface area contributed by atoms with Crippen LogP contribution >= 0.6 is 23.2 Å². The maximum Gasteiger partial charge on any atom is 0.407 e. The Kier molecular flexibility index (Phi) is 7.51. The second-order valence-corrected chi connectivity index (χ2v) is 6.73. The van der Waals surface area contributed by atoms with E-state index in [1.54, 1.807) is 20.8 Å². The Balaban J connectivity index is 2.33. The maximum absolute atomic E-state index is 11.9. The molecule has 0 saturated heterocycles. The van der Waals surface area contributed by atoms with E-state index in [1.165, 1.54) is 18.2 Å². The van der Waals surface area contributed by atoms with E-state index in [1.807, 2.05) is 0 Å². The van der Waals surface area contributed by atoms with Crippen molar-refractivity contribution in [3.8, 4) is 0 Å². The summed E-state index contributed by atoms with van der Waals surface area (Å²) in [5.74, 6) is -1.06. The number of esters is 1. The molecule has 0 atom stereocenters. The topological polar surface area (TPSA) is 81.7 Å². The number of hydrogen-bond donors (Lipinski definition) is 1. The lowest BCUT2D eigenvalue weighted by atomic mass is 10.1. The predicted molar refractivity (Wildman–Crippen MR) is 90.6 cm³/mol. The van der Waals surface area contributed by atoms with Gasteiger partial charge in [0, 0.05) is 17.1 Å². The Bertz CT molecular complexity index is 625. The zero-order valence-corrected chi connectivity index (χ0v) is 15.2. The number of alkyl carbamates (subject to hydrolysis) is 1. The molecule has 1 aromatic rings. The van der Waals surface area contributed by atoms with Crippen LogP contribution in [0.5, 0.6) is 0 Å². The fraction of sp³-hybridized carbons (Fsp3) is 0.438. The summed E-state index contributed by atoms with van der Waals surface area (Å²) in [5.41, 5.74) is -0.393. The zero-order chi connectivity index (χ0) is 18.3. The van der Waals surface area contributed by atoms with Crippen molar-refractivity contribution in [3.63, 3.8) is 0 Å². The third-order valence-electron chi connectivity index (χ3n) is 2.59. The number of halogens is 2. The van der Waals surface area contributed by atoms with Gasteiger partial charge >= 0.3 is 12.1 Å². The molecule has 24 heavy (non-hydrogen) atoms. The molecule has 1 rings (SSSR count). The van der Waals surface area contributed by atoms with Crippen molar-refractivity contribution in [2.75, 3.05) is 13.2 Å². The van der Waals surface area contributed by atoms with Crippen LogP contribution in [0.25, 0.3) is 0 Å². The fourth-order valence-electron chi connectivity index (χ4n) is 1.59. The number of benzene rings is 1. The SMILES string of the molecule is CC(C)(C)OC(=O)NCCC(=O)OCC(=O)c1ccc(Cl)cc1Cl. The summed E-state index contributed by atoms with van der Waals surface area (Å²) in [6.45, 7) is 4.80. The lowest BCUT2D eigenvalue weighted by Gasteiger charge is -2.19. The Morgan fingerprint density at radius 1 is 1.17 bits per heavy atom. The van der Waals surface area contributed by atoms with E-state index >= 15 is 0 Å². The molecule has 6 nitrogen and oxygen atoms in total. The molecule has 132 valence electrons. The smallest absolute Gasteiger partial charge is 0.407 e. The minimum Gasteiger partial charge on any atom is -0.457 e. The van der Waals surface area contributed by atoms with Crippen LogP contribution in [0.2, 0.25) is 10.0 Å². The van der Waals surface area contributed by atoms with E-state index in [0.29, 0.717) is 5.02 Å². The largest absolute Gasteiger partial charge is 0.457 e. The van der Waals surface area contributed by atoms with E-state index in [2.05, 4.69) is 5.32 Å². The number of rotatable bonds is 6. The number of hydrogen-bond acceptors (Lipinski definition) is 5. The normalized spacial score (nSPS) is 10.9. The van der Waals surface area contributed by atoms with Crippen molar-refractivity contribution < 1.29 is 23.9 Å². The predicted octanol–water partition coefficient (Wildman–Crippen LogP) is 3.63. The van der Waals surface area contributed by atoms with E-state index < -0.39 is 30.1 Å². The fourth-order valence-corrected chi connectivity index (χ4v) is 2.11. The van der Waals surface area contributed by atoms with Gasteiger partial charge in [-0.05, 0) is 39.0 Å². The lowest BCUT2D eigenvalue weighted by molar-refractivity contribution is -0.142. The molecule has 8 heteroatoms. The van der Waals surface area contributed by atoms with Gasteiger partial charge in [0.2, 0.25) is 5.78 Å². The molecule has 0 radical (unpaired) electrons. The summed E-state index contributed by atoms with van der Waals surface area (Å²) in [6, 6.07) is 4.42. The van der Waals surface area contributed by atoms with E-state index in [9.17, 15) is 14.4 Å².